The third kappa shape index (κ3) is 4.13. The van der Waals surface area contributed by atoms with E-state index in [0.717, 1.165) is 5.92 Å². The number of hydrogen-bond donors (Lipinski definition) is 1. The Bertz CT molecular complexity index is 236. The Morgan fingerprint density at radius 1 is 0.882 bits per heavy atom. The van der Waals surface area contributed by atoms with Crippen molar-refractivity contribution in [1.82, 2.24) is 0 Å². The van der Waals surface area contributed by atoms with Crippen LogP contribution in [0.2, 0.25) is 0 Å². The summed E-state index contributed by atoms with van der Waals surface area (Å²) in [5.41, 5.74) is 8.14. The second-order valence-corrected chi connectivity index (χ2v) is 6.01. The lowest BCUT2D eigenvalue weighted by Gasteiger charge is -2.26. The molecule has 1 atom stereocenters. The molecule has 0 bridgehead atoms. The lowest BCUT2D eigenvalue weighted by Crippen LogP contribution is -2.32. The van der Waals surface area contributed by atoms with Gasteiger partial charge in [-0.15, -0.1) is 0 Å². The van der Waals surface area contributed by atoms with E-state index < -0.39 is 0 Å². The molecular weight excluding hydrogens is 206 g/mol. The van der Waals surface area contributed by atoms with Crippen molar-refractivity contribution < 1.29 is 0 Å². The monoisotopic (exact) mass is 235 g/mol. The topological polar surface area (TPSA) is 26.0 Å². The predicted molar refractivity (Wildman–Crippen MR) is 75.0 cm³/mol. The van der Waals surface area contributed by atoms with Crippen molar-refractivity contribution >= 4 is 0 Å². The molecule has 1 heteroatoms. The Balaban J connectivity index is 1.93. The zero-order valence-electron chi connectivity index (χ0n) is 11.3. The van der Waals surface area contributed by atoms with Gasteiger partial charge in [-0.05, 0) is 44.4 Å². The van der Waals surface area contributed by atoms with E-state index in [-0.39, 0.29) is 0 Å². The van der Waals surface area contributed by atoms with E-state index in [1.807, 2.05) is 0 Å². The molecule has 2 N–H and O–H groups in total. The Morgan fingerprint density at radius 2 is 1.53 bits per heavy atom. The molecule has 2 rings (SSSR count). The molecule has 1 fully saturated rings. The molecule has 0 aliphatic heterocycles. The largest absolute Gasteiger partial charge is 0.324 e. The SMILES string of the molecule is NC(C1=CCCCCCC1)C1CCCCCC1. The molecule has 0 amide bonds. The van der Waals surface area contributed by atoms with Gasteiger partial charge >= 0.3 is 0 Å². The summed E-state index contributed by atoms with van der Waals surface area (Å²) in [5, 5.41) is 0. The second-order valence-electron chi connectivity index (χ2n) is 6.01. The summed E-state index contributed by atoms with van der Waals surface area (Å²) in [6.45, 7) is 0. The number of rotatable bonds is 2. The van der Waals surface area contributed by atoms with Crippen LogP contribution in [0.1, 0.15) is 77.0 Å². The molecule has 17 heavy (non-hydrogen) atoms. The minimum Gasteiger partial charge on any atom is -0.324 e. The van der Waals surface area contributed by atoms with E-state index >= 15 is 0 Å². The lowest BCUT2D eigenvalue weighted by atomic mass is 9.84. The van der Waals surface area contributed by atoms with E-state index in [0.29, 0.717) is 6.04 Å². The summed E-state index contributed by atoms with van der Waals surface area (Å²) in [7, 11) is 0. The minimum atomic E-state index is 0.381. The molecule has 0 aromatic heterocycles. The number of allylic oxidation sites excluding steroid dienone is 1. The van der Waals surface area contributed by atoms with Gasteiger partial charge < -0.3 is 5.73 Å². The Labute approximate surface area is 107 Å². The Kier molecular flexibility index (Phi) is 5.57. The van der Waals surface area contributed by atoms with Crippen LogP contribution in [0, 0.1) is 5.92 Å². The quantitative estimate of drug-likeness (QED) is 0.551. The van der Waals surface area contributed by atoms with Gasteiger partial charge in [0, 0.05) is 6.04 Å². The molecular formula is C16H29N. The first-order valence-electron chi connectivity index (χ1n) is 7.82. The summed E-state index contributed by atoms with van der Waals surface area (Å²) in [6, 6.07) is 0.381. The molecule has 1 saturated carbocycles. The first-order valence-corrected chi connectivity index (χ1v) is 7.82. The summed E-state index contributed by atoms with van der Waals surface area (Å²) < 4.78 is 0. The van der Waals surface area contributed by atoms with Crippen molar-refractivity contribution in [2.75, 3.05) is 0 Å². The standard InChI is InChI=1S/C16H29N/c17-16(15-12-8-4-5-9-13-15)14-10-6-2-1-3-7-11-14/h10,15-16H,1-9,11-13,17H2. The second kappa shape index (κ2) is 7.20. The first-order chi connectivity index (χ1) is 8.38. The van der Waals surface area contributed by atoms with E-state index in [2.05, 4.69) is 6.08 Å². The van der Waals surface area contributed by atoms with E-state index in [9.17, 15) is 0 Å². The third-order valence-electron chi connectivity index (χ3n) is 4.66. The zero-order chi connectivity index (χ0) is 11.9. The van der Waals surface area contributed by atoms with Gasteiger partial charge in [-0.1, -0.05) is 50.2 Å². The molecule has 0 saturated heterocycles. The average molecular weight is 235 g/mol. The van der Waals surface area contributed by atoms with Crippen LogP contribution in [0.3, 0.4) is 0 Å². The summed E-state index contributed by atoms with van der Waals surface area (Å²) in [6.07, 6.45) is 19.0. The molecule has 0 heterocycles. The maximum Gasteiger partial charge on any atom is 0.0282 e. The summed E-state index contributed by atoms with van der Waals surface area (Å²) >= 11 is 0. The number of hydrogen-bond acceptors (Lipinski definition) is 1. The van der Waals surface area contributed by atoms with Gasteiger partial charge in [-0.2, -0.15) is 0 Å². The molecule has 1 nitrogen and oxygen atoms in total. The molecule has 1 unspecified atom stereocenters. The van der Waals surface area contributed by atoms with Gasteiger partial charge in [0.2, 0.25) is 0 Å². The van der Waals surface area contributed by atoms with Crippen molar-refractivity contribution in [3.8, 4) is 0 Å². The van der Waals surface area contributed by atoms with Crippen LogP contribution in [0.5, 0.6) is 0 Å². The smallest absolute Gasteiger partial charge is 0.0282 e. The molecule has 0 aromatic carbocycles. The summed E-state index contributed by atoms with van der Waals surface area (Å²) in [4.78, 5) is 0. The van der Waals surface area contributed by atoms with E-state index in [1.54, 1.807) is 5.57 Å². The van der Waals surface area contributed by atoms with Crippen LogP contribution < -0.4 is 5.73 Å². The highest BCUT2D eigenvalue weighted by molar-refractivity contribution is 5.12. The maximum absolute atomic E-state index is 6.54. The average Bonchev–Trinajstić information content (AvgIpc) is 2.56. The molecule has 0 aromatic rings. The molecule has 2 aliphatic rings. The fourth-order valence-corrected chi connectivity index (χ4v) is 3.49. The first kappa shape index (κ1) is 13.1. The van der Waals surface area contributed by atoms with Crippen LogP contribution in [0.15, 0.2) is 11.6 Å². The van der Waals surface area contributed by atoms with Gasteiger partial charge in [0.25, 0.3) is 0 Å². The Hall–Kier alpha value is -0.300. The molecule has 98 valence electrons. The van der Waals surface area contributed by atoms with Gasteiger partial charge in [-0.3, -0.25) is 0 Å². The summed E-state index contributed by atoms with van der Waals surface area (Å²) in [5.74, 6) is 0.781. The predicted octanol–water partition coefficient (Wildman–Crippen LogP) is 4.56. The highest BCUT2D eigenvalue weighted by Crippen LogP contribution is 2.30. The van der Waals surface area contributed by atoms with Crippen LogP contribution >= 0.6 is 0 Å². The van der Waals surface area contributed by atoms with E-state index in [4.69, 9.17) is 5.73 Å². The minimum absolute atomic E-state index is 0.381. The van der Waals surface area contributed by atoms with Crippen molar-refractivity contribution in [1.29, 1.82) is 0 Å². The van der Waals surface area contributed by atoms with Gasteiger partial charge in [0.15, 0.2) is 0 Å². The fraction of sp³-hybridized carbons (Fsp3) is 0.875. The molecule has 2 aliphatic carbocycles. The van der Waals surface area contributed by atoms with Crippen LogP contribution in [-0.2, 0) is 0 Å². The van der Waals surface area contributed by atoms with Crippen molar-refractivity contribution in [2.45, 2.75) is 83.1 Å². The van der Waals surface area contributed by atoms with Crippen LogP contribution in [0.25, 0.3) is 0 Å². The number of nitrogens with two attached hydrogens (primary N) is 1. The van der Waals surface area contributed by atoms with E-state index in [1.165, 1.54) is 77.0 Å². The maximum atomic E-state index is 6.54. The van der Waals surface area contributed by atoms with Gasteiger partial charge in [0.1, 0.15) is 0 Å². The molecule has 0 radical (unpaired) electrons. The van der Waals surface area contributed by atoms with Crippen molar-refractivity contribution in [3.05, 3.63) is 11.6 Å². The fourth-order valence-electron chi connectivity index (χ4n) is 3.49. The van der Waals surface area contributed by atoms with Gasteiger partial charge in [0.05, 0.1) is 0 Å². The normalized spacial score (nSPS) is 26.5. The van der Waals surface area contributed by atoms with Crippen LogP contribution in [0.4, 0.5) is 0 Å². The Morgan fingerprint density at radius 3 is 2.29 bits per heavy atom. The zero-order valence-corrected chi connectivity index (χ0v) is 11.3. The third-order valence-corrected chi connectivity index (χ3v) is 4.66. The van der Waals surface area contributed by atoms with Crippen molar-refractivity contribution in [2.24, 2.45) is 11.7 Å². The highest BCUT2D eigenvalue weighted by atomic mass is 14.7. The molecule has 0 spiro atoms. The van der Waals surface area contributed by atoms with Crippen LogP contribution in [-0.4, -0.2) is 6.04 Å². The van der Waals surface area contributed by atoms with Crippen molar-refractivity contribution in [3.63, 3.8) is 0 Å². The highest BCUT2D eigenvalue weighted by Gasteiger charge is 2.22. The lowest BCUT2D eigenvalue weighted by molar-refractivity contribution is 0.395. The van der Waals surface area contributed by atoms with Gasteiger partial charge in [-0.25, -0.2) is 0 Å².